The molecule has 0 aliphatic carbocycles. The van der Waals surface area contributed by atoms with Crippen LogP contribution in [0.5, 0.6) is 0 Å². The maximum Gasteiger partial charge on any atom is 0.213 e. The molecule has 0 amide bonds. The molecule has 7 nitrogen and oxygen atoms in total. The van der Waals surface area contributed by atoms with Crippen molar-refractivity contribution in [1.29, 1.82) is 0 Å². The van der Waals surface area contributed by atoms with Crippen LogP contribution in [-0.4, -0.2) is 35.9 Å². The second kappa shape index (κ2) is 9.02. The second-order valence-electron chi connectivity index (χ2n) is 7.44. The molecule has 0 radical (unpaired) electrons. The number of anilines is 1. The van der Waals surface area contributed by atoms with E-state index >= 15 is 0 Å². The van der Waals surface area contributed by atoms with Crippen molar-refractivity contribution in [3.05, 3.63) is 83.3 Å². The topological polar surface area (TPSA) is 56.3 Å². The van der Waals surface area contributed by atoms with Gasteiger partial charge in [-0.1, -0.05) is 40.9 Å². The SMILES string of the molecule is COn1cc(COCC[n+]2ccc(C=C3Sc4ccccc4N3C)c3ccccc32)nn1. The molecule has 162 valence electrons. The van der Waals surface area contributed by atoms with Gasteiger partial charge in [-0.2, -0.15) is 4.57 Å². The monoisotopic (exact) mass is 446 g/mol. The minimum atomic E-state index is 0.399. The molecule has 1 aliphatic rings. The normalized spacial score (nSPS) is 14.3. The standard InChI is InChI=1S/C24H24N5O2S/c1-27-22-9-5-6-10-23(22)32-24(27)15-18-11-12-28(21-8-4-3-7-20(18)21)13-14-31-17-19-16-29(30-2)26-25-19/h3-12,15-16H,13-14,17H2,1-2H3/q+1. The molecule has 32 heavy (non-hydrogen) atoms. The molecule has 3 heterocycles. The lowest BCUT2D eigenvalue weighted by Crippen LogP contribution is -2.36. The molecule has 0 atom stereocenters. The molecule has 0 unspecified atom stereocenters. The van der Waals surface area contributed by atoms with Crippen molar-refractivity contribution in [2.24, 2.45) is 0 Å². The Morgan fingerprint density at radius 1 is 1.09 bits per heavy atom. The van der Waals surface area contributed by atoms with Crippen LogP contribution in [0.4, 0.5) is 5.69 Å². The van der Waals surface area contributed by atoms with E-state index in [1.165, 1.54) is 36.9 Å². The predicted molar refractivity (Wildman–Crippen MR) is 125 cm³/mol. The Morgan fingerprint density at radius 2 is 1.94 bits per heavy atom. The highest BCUT2D eigenvalue weighted by Gasteiger charge is 2.22. The first-order valence-corrected chi connectivity index (χ1v) is 11.2. The van der Waals surface area contributed by atoms with Gasteiger partial charge < -0.3 is 14.5 Å². The van der Waals surface area contributed by atoms with Gasteiger partial charge in [0, 0.05) is 24.1 Å². The van der Waals surface area contributed by atoms with E-state index in [-0.39, 0.29) is 0 Å². The number of para-hydroxylation sites is 2. The van der Waals surface area contributed by atoms with Crippen LogP contribution >= 0.6 is 11.8 Å². The number of hydrogen-bond acceptors (Lipinski definition) is 6. The molecular weight excluding hydrogens is 422 g/mol. The smallest absolute Gasteiger partial charge is 0.213 e. The third kappa shape index (κ3) is 4.06. The Morgan fingerprint density at radius 3 is 2.78 bits per heavy atom. The number of aromatic nitrogens is 4. The highest BCUT2D eigenvalue weighted by atomic mass is 32.2. The number of ether oxygens (including phenoxy) is 1. The van der Waals surface area contributed by atoms with Gasteiger partial charge in [-0.05, 0) is 35.1 Å². The van der Waals surface area contributed by atoms with Gasteiger partial charge in [-0.15, -0.1) is 5.10 Å². The largest absolute Gasteiger partial charge is 0.399 e. The van der Waals surface area contributed by atoms with E-state index in [2.05, 4.69) is 93.7 Å². The lowest BCUT2D eigenvalue weighted by molar-refractivity contribution is -0.673. The number of thioether (sulfide) groups is 1. The lowest BCUT2D eigenvalue weighted by Gasteiger charge is -2.13. The fourth-order valence-corrected chi connectivity index (χ4v) is 4.89. The summed E-state index contributed by atoms with van der Waals surface area (Å²) in [5.41, 5.74) is 4.37. The number of pyridine rings is 1. The third-order valence-electron chi connectivity index (χ3n) is 5.44. The van der Waals surface area contributed by atoms with Crippen molar-refractivity contribution in [3.63, 3.8) is 0 Å². The van der Waals surface area contributed by atoms with Gasteiger partial charge in [0.2, 0.25) is 5.52 Å². The van der Waals surface area contributed by atoms with Gasteiger partial charge in [0.25, 0.3) is 0 Å². The van der Waals surface area contributed by atoms with Gasteiger partial charge in [0.15, 0.2) is 12.7 Å². The first-order valence-electron chi connectivity index (χ1n) is 10.4. The highest BCUT2D eigenvalue weighted by molar-refractivity contribution is 8.03. The summed E-state index contributed by atoms with van der Waals surface area (Å²) in [6, 6.07) is 19.2. The van der Waals surface area contributed by atoms with Crippen LogP contribution < -0.4 is 14.3 Å². The molecule has 2 aromatic carbocycles. The van der Waals surface area contributed by atoms with Crippen LogP contribution in [0, 0.1) is 0 Å². The van der Waals surface area contributed by atoms with Gasteiger partial charge in [-0.25, -0.2) is 0 Å². The molecular formula is C24H24N5O2S+. The van der Waals surface area contributed by atoms with Crippen molar-refractivity contribution in [2.45, 2.75) is 18.0 Å². The van der Waals surface area contributed by atoms with Crippen LogP contribution in [0.15, 0.2) is 76.9 Å². The minimum absolute atomic E-state index is 0.399. The number of rotatable bonds is 7. The number of fused-ring (bicyclic) bond motifs is 2. The minimum Gasteiger partial charge on any atom is -0.399 e. The maximum atomic E-state index is 5.80. The molecule has 0 spiro atoms. The summed E-state index contributed by atoms with van der Waals surface area (Å²) in [5.74, 6) is 0. The Bertz CT molecular complexity index is 1290. The van der Waals surface area contributed by atoms with Gasteiger partial charge in [0.05, 0.1) is 28.9 Å². The maximum absolute atomic E-state index is 5.80. The fraction of sp³-hybridized carbons (Fsp3) is 0.208. The molecule has 0 saturated heterocycles. The van der Waals surface area contributed by atoms with Crippen molar-refractivity contribution >= 4 is 34.4 Å². The van der Waals surface area contributed by atoms with Crippen molar-refractivity contribution in [3.8, 4) is 0 Å². The van der Waals surface area contributed by atoms with Crippen LogP contribution in [0.25, 0.3) is 17.0 Å². The zero-order valence-electron chi connectivity index (χ0n) is 18.0. The van der Waals surface area contributed by atoms with Crippen LogP contribution in [0.3, 0.4) is 0 Å². The zero-order chi connectivity index (χ0) is 21.9. The van der Waals surface area contributed by atoms with E-state index in [9.17, 15) is 0 Å². The number of hydrogen-bond donors (Lipinski definition) is 0. The van der Waals surface area contributed by atoms with Gasteiger partial charge >= 0.3 is 0 Å². The molecule has 1 aliphatic heterocycles. The first-order chi connectivity index (χ1) is 15.7. The Hall–Kier alpha value is -3.36. The van der Waals surface area contributed by atoms with E-state index in [0.717, 1.165) is 12.2 Å². The van der Waals surface area contributed by atoms with Crippen LogP contribution in [0.2, 0.25) is 0 Å². The molecule has 0 bridgehead atoms. The van der Waals surface area contributed by atoms with Crippen LogP contribution in [0.1, 0.15) is 11.3 Å². The summed E-state index contributed by atoms with van der Waals surface area (Å²) in [6.07, 6.45) is 6.11. The summed E-state index contributed by atoms with van der Waals surface area (Å²) >= 11 is 1.81. The molecule has 4 aromatic rings. The predicted octanol–water partition coefficient (Wildman–Crippen LogP) is 3.53. The molecule has 0 N–H and O–H groups in total. The quantitative estimate of drug-likeness (QED) is 0.320. The van der Waals surface area contributed by atoms with E-state index in [1.807, 2.05) is 11.8 Å². The van der Waals surface area contributed by atoms with Gasteiger partial charge in [-0.3, -0.25) is 0 Å². The first kappa shape index (κ1) is 20.5. The number of benzene rings is 2. The highest BCUT2D eigenvalue weighted by Crippen LogP contribution is 2.45. The van der Waals surface area contributed by atoms with Crippen LogP contribution in [-0.2, 0) is 17.9 Å². The fourth-order valence-electron chi connectivity index (χ4n) is 3.78. The second-order valence-corrected chi connectivity index (χ2v) is 8.50. The number of nitrogens with zero attached hydrogens (tertiary/aromatic N) is 5. The molecule has 8 heteroatoms. The average molecular weight is 447 g/mol. The van der Waals surface area contributed by atoms with E-state index in [4.69, 9.17) is 9.57 Å². The van der Waals surface area contributed by atoms with E-state index in [1.54, 1.807) is 13.3 Å². The van der Waals surface area contributed by atoms with E-state index < -0.39 is 0 Å². The summed E-state index contributed by atoms with van der Waals surface area (Å²) in [7, 11) is 3.67. The van der Waals surface area contributed by atoms with Crippen molar-refractivity contribution in [2.75, 3.05) is 25.7 Å². The van der Waals surface area contributed by atoms with E-state index in [0.29, 0.717) is 13.2 Å². The Labute approximate surface area is 190 Å². The summed E-state index contributed by atoms with van der Waals surface area (Å²) in [4.78, 5) is 9.83. The zero-order valence-corrected chi connectivity index (χ0v) is 18.8. The average Bonchev–Trinajstić information content (AvgIpc) is 3.42. The molecule has 0 fully saturated rings. The summed E-state index contributed by atoms with van der Waals surface area (Å²) < 4.78 is 8.03. The Kier molecular flexibility index (Phi) is 5.79. The summed E-state index contributed by atoms with van der Waals surface area (Å²) in [5, 5.41) is 10.3. The third-order valence-corrected chi connectivity index (χ3v) is 6.61. The Balaban J connectivity index is 1.33. The van der Waals surface area contributed by atoms with Crippen molar-refractivity contribution in [1.82, 2.24) is 15.2 Å². The van der Waals surface area contributed by atoms with Gasteiger partial charge in [0.1, 0.15) is 19.4 Å². The molecule has 2 aromatic heterocycles. The molecule has 0 saturated carbocycles. The molecule has 5 rings (SSSR count). The van der Waals surface area contributed by atoms with Crippen molar-refractivity contribution < 1.29 is 14.1 Å². The lowest BCUT2D eigenvalue weighted by atomic mass is 10.1. The summed E-state index contributed by atoms with van der Waals surface area (Å²) in [6.45, 7) is 1.72.